The lowest BCUT2D eigenvalue weighted by molar-refractivity contribution is -0.110. The molecule has 3 N–H and O–H groups in total. The van der Waals surface area contributed by atoms with Gasteiger partial charge >= 0.3 is 0 Å². The number of carbonyl (C=O) groups excluding carboxylic acids is 1. The fourth-order valence-corrected chi connectivity index (χ4v) is 6.97. The minimum atomic E-state index is -0.297. The van der Waals surface area contributed by atoms with Crippen LogP contribution in [0.15, 0.2) is 17.9 Å². The Bertz CT molecular complexity index is 1460. The summed E-state index contributed by atoms with van der Waals surface area (Å²) >= 11 is 0. The van der Waals surface area contributed by atoms with Crippen molar-refractivity contribution in [3.8, 4) is 11.5 Å². The molecule has 0 fully saturated rings. The molecular weight excluding hydrogens is 428 g/mol. The van der Waals surface area contributed by atoms with Crippen LogP contribution < -0.4 is 20.1 Å². The van der Waals surface area contributed by atoms with Crippen LogP contribution in [0, 0.1) is 0 Å². The normalized spacial score (nSPS) is 22.4. The van der Waals surface area contributed by atoms with E-state index in [1.54, 1.807) is 0 Å². The quantitative estimate of drug-likeness (QED) is 0.570. The summed E-state index contributed by atoms with van der Waals surface area (Å²) < 4.78 is 2.34. The van der Waals surface area contributed by atoms with E-state index in [2.05, 4.69) is 9.48 Å². The number of carbonyl (C=O) groups is 1. The molecule has 0 spiro atoms. The predicted molar refractivity (Wildman–Crippen MR) is 130 cm³/mol. The van der Waals surface area contributed by atoms with Crippen molar-refractivity contribution in [2.24, 2.45) is 0 Å². The Kier molecular flexibility index (Phi) is 4.21. The maximum absolute atomic E-state index is 13.5. The molecule has 2 aromatic rings. The number of aromatic hydroxyl groups is 2. The molecule has 0 unspecified atom stereocenters. The van der Waals surface area contributed by atoms with Gasteiger partial charge in [0.2, 0.25) is 11.1 Å². The number of ketones is 1. The average Bonchev–Trinajstić information content (AvgIpc) is 2.85. The summed E-state index contributed by atoms with van der Waals surface area (Å²) in [7, 11) is 0. The largest absolute Gasteiger partial charge is 0.507 e. The minimum absolute atomic E-state index is 0.109. The van der Waals surface area contributed by atoms with Crippen LogP contribution in [0.25, 0.3) is 11.1 Å². The Morgan fingerprint density at radius 1 is 0.765 bits per heavy atom. The van der Waals surface area contributed by atoms with E-state index in [0.29, 0.717) is 10.8 Å². The van der Waals surface area contributed by atoms with Gasteiger partial charge in [0.25, 0.3) is 0 Å². The SMILES string of the molecule is O=C1C(c2cc3c4c(c2O)CCCN4CCC3)=C(O)C1=c1cc2c3c(c1O)CCC[N+]=3CCC2. The second-order valence-corrected chi connectivity index (χ2v) is 10.3. The number of aryl methyl sites for hydroxylation is 2. The zero-order valence-corrected chi connectivity index (χ0v) is 19.3. The maximum Gasteiger partial charge on any atom is 0.210 e. The first-order valence-corrected chi connectivity index (χ1v) is 12.7. The molecule has 6 heteroatoms. The number of benzene rings is 2. The summed E-state index contributed by atoms with van der Waals surface area (Å²) in [6.45, 7) is 4.00. The first-order chi connectivity index (χ1) is 16.5. The number of aliphatic hydroxyl groups is 1. The van der Waals surface area contributed by atoms with Crippen LogP contribution in [0.1, 0.15) is 53.5 Å². The van der Waals surface area contributed by atoms with Gasteiger partial charge in [-0.05, 0) is 56.2 Å². The third-order valence-electron chi connectivity index (χ3n) is 8.46. The van der Waals surface area contributed by atoms with Crippen LogP contribution in [-0.2, 0) is 30.5 Å². The molecule has 0 radical (unpaired) electrons. The molecule has 4 aliphatic heterocycles. The third-order valence-corrected chi connectivity index (χ3v) is 8.46. The van der Waals surface area contributed by atoms with Crippen LogP contribution in [-0.4, -0.2) is 47.3 Å². The van der Waals surface area contributed by atoms with Gasteiger partial charge < -0.3 is 20.2 Å². The van der Waals surface area contributed by atoms with Gasteiger partial charge in [0.1, 0.15) is 30.3 Å². The highest BCUT2D eigenvalue weighted by atomic mass is 16.3. The second kappa shape index (κ2) is 7.11. The number of anilines is 1. The van der Waals surface area contributed by atoms with Gasteiger partial charge in [-0.2, -0.15) is 0 Å². The van der Waals surface area contributed by atoms with Gasteiger partial charge in [-0.25, -0.2) is 4.58 Å². The molecule has 6 nitrogen and oxygen atoms in total. The van der Waals surface area contributed by atoms with Crippen molar-refractivity contribution in [3.63, 3.8) is 0 Å². The molecule has 0 saturated heterocycles. The number of hydrogen-bond acceptors (Lipinski definition) is 5. The number of Topliss-reactive ketones (excluding diaryl/α,β-unsaturated/α-hetero) is 1. The van der Waals surface area contributed by atoms with Crippen LogP contribution in [0.5, 0.6) is 11.5 Å². The summed E-state index contributed by atoms with van der Waals surface area (Å²) in [5.74, 6) is -0.157. The van der Waals surface area contributed by atoms with Crippen LogP contribution >= 0.6 is 0 Å². The molecule has 5 aliphatic rings. The lowest BCUT2D eigenvalue weighted by atomic mass is 9.78. The molecule has 2 aromatic carbocycles. The Balaban J connectivity index is 1.44. The molecule has 0 saturated carbocycles. The summed E-state index contributed by atoms with van der Waals surface area (Å²) in [6, 6.07) is 3.81. The van der Waals surface area contributed by atoms with E-state index in [1.807, 2.05) is 12.1 Å². The number of aliphatic hydroxyl groups excluding tert-OH is 1. The minimum Gasteiger partial charge on any atom is -0.507 e. The molecule has 0 aromatic heterocycles. The summed E-state index contributed by atoms with van der Waals surface area (Å²) in [5, 5.41) is 35.0. The number of nitrogens with zero attached hydrogens (tertiary/aromatic N) is 2. The summed E-state index contributed by atoms with van der Waals surface area (Å²) in [6.07, 6.45) is 7.44. The van der Waals surface area contributed by atoms with Gasteiger partial charge in [0, 0.05) is 53.5 Å². The van der Waals surface area contributed by atoms with Gasteiger partial charge in [-0.1, -0.05) is 0 Å². The number of allylic oxidation sites excluding steroid dienone is 2. The zero-order valence-electron chi connectivity index (χ0n) is 19.3. The number of phenols is 2. The molecule has 1 aliphatic carbocycles. The fourth-order valence-electron chi connectivity index (χ4n) is 6.97. The average molecular weight is 458 g/mol. The van der Waals surface area contributed by atoms with Crippen molar-refractivity contribution >= 4 is 22.6 Å². The number of rotatable bonds is 1. The molecule has 0 amide bonds. The molecule has 174 valence electrons. The van der Waals surface area contributed by atoms with Crippen molar-refractivity contribution < 1.29 is 20.1 Å². The predicted octanol–water partition coefficient (Wildman–Crippen LogP) is 1.88. The van der Waals surface area contributed by atoms with Crippen LogP contribution in [0.4, 0.5) is 5.69 Å². The number of hydrogen-bond donors (Lipinski definition) is 3. The van der Waals surface area contributed by atoms with Gasteiger partial charge in [0.05, 0.1) is 16.7 Å². The van der Waals surface area contributed by atoms with Gasteiger partial charge in [0.15, 0.2) is 0 Å². The van der Waals surface area contributed by atoms with Crippen molar-refractivity contribution in [2.45, 2.75) is 51.4 Å². The monoisotopic (exact) mass is 457 g/mol. The topological polar surface area (TPSA) is 84.0 Å². The lowest BCUT2D eigenvalue weighted by Gasteiger charge is -2.38. The maximum atomic E-state index is 13.5. The summed E-state index contributed by atoms with van der Waals surface area (Å²) in [5.41, 5.74) is 6.04. The standard InChI is InChI=1S/C28H28N2O4/c31-25-17-7-3-11-29-9-1-5-15(23(17)29)13-19(25)21-27(33)22(28(21)34)20-14-16-6-2-10-30-12-4-8-18(24(16)30)26(20)32/h13-14H,1-12H2,(H2,31,32,33,34)/p+1. The first kappa shape index (κ1) is 20.1. The van der Waals surface area contributed by atoms with E-state index >= 15 is 0 Å². The van der Waals surface area contributed by atoms with E-state index in [4.69, 9.17) is 0 Å². The second-order valence-electron chi connectivity index (χ2n) is 10.3. The van der Waals surface area contributed by atoms with Crippen molar-refractivity contribution in [1.29, 1.82) is 0 Å². The van der Waals surface area contributed by atoms with E-state index in [-0.39, 0.29) is 34.2 Å². The Labute approximate surface area is 197 Å². The zero-order chi connectivity index (χ0) is 23.1. The molecule has 0 atom stereocenters. The lowest BCUT2D eigenvalue weighted by Crippen LogP contribution is -2.45. The van der Waals surface area contributed by atoms with E-state index in [0.717, 1.165) is 111 Å². The Morgan fingerprint density at radius 3 is 2.26 bits per heavy atom. The van der Waals surface area contributed by atoms with E-state index in [9.17, 15) is 20.1 Å². The highest BCUT2D eigenvalue weighted by Crippen LogP contribution is 2.47. The molecule has 34 heavy (non-hydrogen) atoms. The third kappa shape index (κ3) is 2.57. The van der Waals surface area contributed by atoms with Crippen molar-refractivity contribution in [1.82, 2.24) is 4.58 Å². The van der Waals surface area contributed by atoms with E-state index < -0.39 is 0 Å². The van der Waals surface area contributed by atoms with Crippen molar-refractivity contribution in [3.05, 3.63) is 56.3 Å². The highest BCUT2D eigenvalue weighted by molar-refractivity contribution is 6.52. The molecular formula is C28H29N2O4+. The Hall–Kier alpha value is -3.28. The molecule has 7 rings (SSSR count). The van der Waals surface area contributed by atoms with Gasteiger partial charge in [-0.3, -0.25) is 4.79 Å². The highest BCUT2D eigenvalue weighted by Gasteiger charge is 2.40. The van der Waals surface area contributed by atoms with Crippen LogP contribution in [0.3, 0.4) is 0 Å². The molecule has 0 bridgehead atoms. The van der Waals surface area contributed by atoms with Crippen molar-refractivity contribution in [2.75, 3.05) is 31.1 Å². The Morgan fingerprint density at radius 2 is 1.47 bits per heavy atom. The van der Waals surface area contributed by atoms with Gasteiger partial charge in [-0.15, -0.1) is 0 Å². The number of phenolic OH excluding ortho intramolecular Hbond substituents is 2. The van der Waals surface area contributed by atoms with E-state index in [1.165, 1.54) is 0 Å². The summed E-state index contributed by atoms with van der Waals surface area (Å²) in [4.78, 5) is 15.8. The fraction of sp³-hybridized carbons (Fsp3) is 0.429. The molecule has 4 heterocycles. The first-order valence-electron chi connectivity index (χ1n) is 12.7. The smallest absolute Gasteiger partial charge is 0.210 e. The van der Waals surface area contributed by atoms with Crippen LogP contribution in [0.2, 0.25) is 0 Å².